The number of benzene rings is 1. The van der Waals surface area contributed by atoms with Gasteiger partial charge in [0.25, 0.3) is 0 Å². The van der Waals surface area contributed by atoms with E-state index in [0.717, 1.165) is 36.2 Å². The van der Waals surface area contributed by atoms with Crippen molar-refractivity contribution in [2.24, 2.45) is 0 Å². The zero-order valence-corrected chi connectivity index (χ0v) is 11.6. The highest BCUT2D eigenvalue weighted by atomic mass is 16.4. The summed E-state index contributed by atoms with van der Waals surface area (Å²) in [4.78, 5) is 17.0. The first-order valence-corrected chi connectivity index (χ1v) is 7.30. The molecule has 1 aliphatic rings. The Morgan fingerprint density at radius 2 is 1.95 bits per heavy atom. The summed E-state index contributed by atoms with van der Waals surface area (Å²) in [5.41, 5.74) is 2.39. The van der Waals surface area contributed by atoms with E-state index in [1.807, 2.05) is 12.1 Å². The summed E-state index contributed by atoms with van der Waals surface area (Å²) in [6.07, 6.45) is 5.18. The van der Waals surface area contributed by atoms with Crippen LogP contribution in [0.2, 0.25) is 0 Å². The molecule has 4 nitrogen and oxygen atoms in total. The lowest BCUT2D eigenvalue weighted by molar-refractivity contribution is 0.0699. The van der Waals surface area contributed by atoms with Crippen LogP contribution < -0.4 is 0 Å². The number of rotatable bonds is 3. The lowest BCUT2D eigenvalue weighted by Gasteiger charge is -2.18. The van der Waals surface area contributed by atoms with E-state index in [1.54, 1.807) is 12.1 Å². The van der Waals surface area contributed by atoms with Crippen LogP contribution in [0.4, 0.5) is 0 Å². The summed E-state index contributed by atoms with van der Waals surface area (Å²) < 4.78 is 0. The molecule has 106 valence electrons. The Hall–Kier alpha value is -1.81. The van der Waals surface area contributed by atoms with Gasteiger partial charge in [0.2, 0.25) is 0 Å². The summed E-state index contributed by atoms with van der Waals surface area (Å²) in [7, 11) is 0. The SMILES string of the molecule is O=C(O)c1cccc2[nH]c(CN3CCCCCC3)cc12. The number of hydrogen-bond donors (Lipinski definition) is 2. The highest BCUT2D eigenvalue weighted by Crippen LogP contribution is 2.21. The molecular formula is C16H20N2O2. The molecule has 0 saturated carbocycles. The first kappa shape index (κ1) is 13.2. The van der Waals surface area contributed by atoms with E-state index >= 15 is 0 Å². The number of H-pyrrole nitrogens is 1. The molecular weight excluding hydrogens is 252 g/mol. The number of hydrogen-bond acceptors (Lipinski definition) is 2. The van der Waals surface area contributed by atoms with Crippen molar-refractivity contribution in [1.82, 2.24) is 9.88 Å². The van der Waals surface area contributed by atoms with Gasteiger partial charge < -0.3 is 10.1 Å². The molecule has 0 radical (unpaired) electrons. The van der Waals surface area contributed by atoms with Gasteiger partial charge in [-0.05, 0) is 44.1 Å². The van der Waals surface area contributed by atoms with Crippen LogP contribution in [0.1, 0.15) is 41.7 Å². The van der Waals surface area contributed by atoms with Gasteiger partial charge >= 0.3 is 5.97 Å². The fourth-order valence-corrected chi connectivity index (χ4v) is 3.02. The molecule has 0 bridgehead atoms. The molecule has 1 fully saturated rings. The molecule has 1 aliphatic heterocycles. The van der Waals surface area contributed by atoms with Gasteiger partial charge in [-0.25, -0.2) is 4.79 Å². The van der Waals surface area contributed by atoms with Gasteiger partial charge in [0.15, 0.2) is 0 Å². The van der Waals surface area contributed by atoms with Crippen LogP contribution in [0, 0.1) is 0 Å². The molecule has 0 unspecified atom stereocenters. The lowest BCUT2D eigenvalue weighted by atomic mass is 10.1. The zero-order valence-electron chi connectivity index (χ0n) is 11.6. The molecule has 20 heavy (non-hydrogen) atoms. The van der Waals surface area contributed by atoms with E-state index in [2.05, 4.69) is 9.88 Å². The predicted octanol–water partition coefficient (Wildman–Crippen LogP) is 3.24. The normalized spacial score (nSPS) is 17.2. The van der Waals surface area contributed by atoms with Gasteiger partial charge in [0.1, 0.15) is 0 Å². The van der Waals surface area contributed by atoms with Crippen LogP contribution in [0.25, 0.3) is 10.9 Å². The van der Waals surface area contributed by atoms with E-state index in [-0.39, 0.29) is 0 Å². The van der Waals surface area contributed by atoms with Crippen molar-refractivity contribution in [3.05, 3.63) is 35.5 Å². The van der Waals surface area contributed by atoms with Crippen molar-refractivity contribution in [3.63, 3.8) is 0 Å². The van der Waals surface area contributed by atoms with Crippen LogP contribution in [-0.2, 0) is 6.54 Å². The van der Waals surface area contributed by atoms with Crippen molar-refractivity contribution in [2.45, 2.75) is 32.2 Å². The van der Waals surface area contributed by atoms with Crippen molar-refractivity contribution in [2.75, 3.05) is 13.1 Å². The van der Waals surface area contributed by atoms with Crippen LogP contribution in [0.3, 0.4) is 0 Å². The number of fused-ring (bicyclic) bond motifs is 1. The minimum Gasteiger partial charge on any atom is -0.478 e. The average Bonchev–Trinajstić information content (AvgIpc) is 2.65. The first-order chi connectivity index (χ1) is 9.74. The number of carboxylic acids is 1. The van der Waals surface area contributed by atoms with Crippen molar-refractivity contribution in [1.29, 1.82) is 0 Å². The van der Waals surface area contributed by atoms with Crippen molar-refractivity contribution in [3.8, 4) is 0 Å². The van der Waals surface area contributed by atoms with Gasteiger partial charge in [-0.3, -0.25) is 4.90 Å². The first-order valence-electron chi connectivity index (χ1n) is 7.30. The van der Waals surface area contributed by atoms with Crippen molar-refractivity contribution < 1.29 is 9.90 Å². The van der Waals surface area contributed by atoms with Crippen LogP contribution >= 0.6 is 0 Å². The molecule has 2 heterocycles. The Morgan fingerprint density at radius 1 is 1.20 bits per heavy atom. The van der Waals surface area contributed by atoms with Gasteiger partial charge in [-0.15, -0.1) is 0 Å². The number of carboxylic acid groups (broad SMARTS) is 1. The van der Waals surface area contributed by atoms with Gasteiger partial charge in [-0.2, -0.15) is 0 Å². The molecule has 2 N–H and O–H groups in total. The number of likely N-dealkylation sites (tertiary alicyclic amines) is 1. The molecule has 0 aliphatic carbocycles. The minimum atomic E-state index is -0.865. The minimum absolute atomic E-state index is 0.376. The third-order valence-electron chi connectivity index (χ3n) is 4.04. The highest BCUT2D eigenvalue weighted by Gasteiger charge is 2.13. The average molecular weight is 272 g/mol. The predicted molar refractivity (Wildman–Crippen MR) is 79.0 cm³/mol. The number of aromatic amines is 1. The Labute approximate surface area is 118 Å². The third kappa shape index (κ3) is 2.70. The smallest absolute Gasteiger partial charge is 0.336 e. The topological polar surface area (TPSA) is 56.3 Å². The number of nitrogens with zero attached hydrogens (tertiary/aromatic N) is 1. The van der Waals surface area contributed by atoms with E-state index in [0.29, 0.717) is 5.56 Å². The maximum Gasteiger partial charge on any atom is 0.336 e. The summed E-state index contributed by atoms with van der Waals surface area (Å²) in [6, 6.07) is 7.38. The summed E-state index contributed by atoms with van der Waals surface area (Å²) >= 11 is 0. The number of aromatic nitrogens is 1. The van der Waals surface area contributed by atoms with Crippen LogP contribution in [0.5, 0.6) is 0 Å². The second-order valence-corrected chi connectivity index (χ2v) is 5.56. The Morgan fingerprint density at radius 3 is 2.65 bits per heavy atom. The maximum absolute atomic E-state index is 11.2. The molecule has 1 aromatic carbocycles. The largest absolute Gasteiger partial charge is 0.478 e. The van der Waals surface area contributed by atoms with E-state index in [1.165, 1.54) is 25.7 Å². The van der Waals surface area contributed by atoms with Gasteiger partial charge in [0.05, 0.1) is 5.56 Å². The molecule has 1 aromatic heterocycles. The van der Waals surface area contributed by atoms with Crippen LogP contribution in [0.15, 0.2) is 24.3 Å². The molecule has 4 heteroatoms. The quantitative estimate of drug-likeness (QED) is 0.901. The third-order valence-corrected chi connectivity index (χ3v) is 4.04. The number of aromatic carboxylic acids is 1. The molecule has 0 atom stereocenters. The fourth-order valence-electron chi connectivity index (χ4n) is 3.02. The summed E-state index contributed by atoms with van der Waals surface area (Å²) in [5.74, 6) is -0.865. The second kappa shape index (κ2) is 5.67. The number of carbonyl (C=O) groups is 1. The van der Waals surface area contributed by atoms with Gasteiger partial charge in [0, 0.05) is 23.1 Å². The number of nitrogens with one attached hydrogen (secondary N) is 1. The Bertz CT molecular complexity index is 610. The lowest BCUT2D eigenvalue weighted by Crippen LogP contribution is -2.24. The van der Waals surface area contributed by atoms with E-state index < -0.39 is 5.97 Å². The van der Waals surface area contributed by atoms with Gasteiger partial charge in [-0.1, -0.05) is 18.9 Å². The second-order valence-electron chi connectivity index (χ2n) is 5.56. The monoisotopic (exact) mass is 272 g/mol. The highest BCUT2D eigenvalue weighted by molar-refractivity contribution is 6.03. The van der Waals surface area contributed by atoms with Crippen molar-refractivity contribution >= 4 is 16.9 Å². The van der Waals surface area contributed by atoms with E-state index in [9.17, 15) is 9.90 Å². The molecule has 1 saturated heterocycles. The summed E-state index contributed by atoms with van der Waals surface area (Å²) in [5, 5.41) is 10.0. The zero-order chi connectivity index (χ0) is 13.9. The Balaban J connectivity index is 1.85. The molecule has 0 amide bonds. The molecule has 0 spiro atoms. The Kier molecular flexibility index (Phi) is 3.74. The summed E-state index contributed by atoms with van der Waals surface area (Å²) in [6.45, 7) is 3.16. The fraction of sp³-hybridized carbons (Fsp3) is 0.438. The maximum atomic E-state index is 11.2. The molecule has 2 aromatic rings. The van der Waals surface area contributed by atoms with E-state index in [4.69, 9.17) is 0 Å². The standard InChI is InChI=1S/C16H20N2O2/c19-16(20)13-6-5-7-15-14(13)10-12(17-15)11-18-8-3-1-2-4-9-18/h5-7,10,17H,1-4,8-9,11H2,(H,19,20). The van der Waals surface area contributed by atoms with Crippen LogP contribution in [-0.4, -0.2) is 34.0 Å². The molecule has 3 rings (SSSR count).